The van der Waals surface area contributed by atoms with Crippen molar-refractivity contribution < 1.29 is 19.4 Å². The quantitative estimate of drug-likeness (QED) is 0.924. The first-order valence-electron chi connectivity index (χ1n) is 8.07. The average molecular weight is 319 g/mol. The summed E-state index contributed by atoms with van der Waals surface area (Å²) in [6.45, 7) is 9.86. The summed E-state index contributed by atoms with van der Waals surface area (Å²) in [5, 5.41) is 9.52. The maximum Gasteiger partial charge on any atom is 0.326 e. The van der Waals surface area contributed by atoms with Gasteiger partial charge in [0.2, 0.25) is 0 Å². The Morgan fingerprint density at radius 1 is 1.35 bits per heavy atom. The number of amides is 1. The minimum Gasteiger partial charge on any atom is -0.480 e. The van der Waals surface area contributed by atoms with Gasteiger partial charge in [-0.05, 0) is 36.0 Å². The smallest absolute Gasteiger partial charge is 0.326 e. The van der Waals surface area contributed by atoms with E-state index in [0.717, 1.165) is 5.56 Å². The molecule has 1 aliphatic heterocycles. The topological polar surface area (TPSA) is 66.8 Å². The maximum absolute atomic E-state index is 12.7. The Labute approximate surface area is 137 Å². The van der Waals surface area contributed by atoms with E-state index >= 15 is 0 Å². The van der Waals surface area contributed by atoms with Crippen LogP contribution in [-0.4, -0.2) is 29.1 Å². The summed E-state index contributed by atoms with van der Waals surface area (Å²) >= 11 is 0. The zero-order valence-corrected chi connectivity index (χ0v) is 14.4. The van der Waals surface area contributed by atoms with E-state index in [9.17, 15) is 14.7 Å². The van der Waals surface area contributed by atoms with Gasteiger partial charge < -0.3 is 9.84 Å². The van der Waals surface area contributed by atoms with E-state index in [1.165, 1.54) is 4.90 Å². The third-order valence-electron chi connectivity index (χ3n) is 4.22. The second kappa shape index (κ2) is 6.22. The molecule has 5 nitrogen and oxygen atoms in total. The number of carbonyl (C=O) groups is 2. The second-order valence-corrected chi connectivity index (χ2v) is 6.92. The van der Waals surface area contributed by atoms with Crippen molar-refractivity contribution in [3.05, 3.63) is 23.8 Å². The molecule has 1 amide bonds. The number of ether oxygens (including phenoxy) is 1. The number of carboxylic acids is 1. The predicted octanol–water partition coefficient (Wildman–Crippen LogP) is 3.35. The first-order chi connectivity index (χ1) is 10.7. The number of hydrogen-bond acceptors (Lipinski definition) is 3. The largest absolute Gasteiger partial charge is 0.480 e. The molecule has 0 fully saturated rings. The van der Waals surface area contributed by atoms with Crippen LogP contribution in [-0.2, 0) is 15.0 Å². The molecule has 0 saturated carbocycles. The predicted molar refractivity (Wildman–Crippen MR) is 89.0 cm³/mol. The van der Waals surface area contributed by atoms with Crippen LogP contribution in [0.2, 0.25) is 0 Å². The van der Waals surface area contributed by atoms with Crippen LogP contribution < -0.4 is 9.64 Å². The Morgan fingerprint density at radius 3 is 2.48 bits per heavy atom. The van der Waals surface area contributed by atoms with Gasteiger partial charge in [0.15, 0.2) is 6.10 Å². The summed E-state index contributed by atoms with van der Waals surface area (Å²) < 4.78 is 5.78. The molecule has 1 aromatic rings. The number of anilines is 1. The molecule has 1 N–H and O–H groups in total. The van der Waals surface area contributed by atoms with Crippen molar-refractivity contribution in [2.24, 2.45) is 0 Å². The Morgan fingerprint density at radius 2 is 2.00 bits per heavy atom. The summed E-state index contributed by atoms with van der Waals surface area (Å²) in [7, 11) is 0. The third-order valence-corrected chi connectivity index (χ3v) is 4.22. The van der Waals surface area contributed by atoms with Crippen molar-refractivity contribution in [3.63, 3.8) is 0 Å². The standard InChI is InChI=1S/C18H25NO4/c1-6-12(17(21)22)19-13-10-11(18(3,4)5)8-9-15(13)23-14(7-2)16(19)20/h8-10,12,14H,6-7H2,1-5H3,(H,21,22). The van der Waals surface area contributed by atoms with Crippen LogP contribution in [0.25, 0.3) is 0 Å². The fourth-order valence-corrected chi connectivity index (χ4v) is 2.80. The molecule has 0 saturated heterocycles. The first kappa shape index (κ1) is 17.3. The summed E-state index contributed by atoms with van der Waals surface area (Å²) in [5.41, 5.74) is 1.49. The SMILES string of the molecule is CCC1Oc2ccc(C(C)(C)C)cc2N(C(CC)C(=O)O)C1=O. The monoisotopic (exact) mass is 319 g/mol. The Bertz CT molecular complexity index is 618. The first-order valence-corrected chi connectivity index (χ1v) is 8.07. The highest BCUT2D eigenvalue weighted by Gasteiger charge is 2.40. The van der Waals surface area contributed by atoms with E-state index < -0.39 is 18.1 Å². The fraction of sp³-hybridized carbons (Fsp3) is 0.556. The molecule has 0 aliphatic carbocycles. The lowest BCUT2D eigenvalue weighted by atomic mass is 9.86. The molecule has 0 spiro atoms. The minimum absolute atomic E-state index is 0.101. The molecular formula is C18H25NO4. The summed E-state index contributed by atoms with van der Waals surface area (Å²) in [5.74, 6) is -0.700. The highest BCUT2D eigenvalue weighted by Crippen LogP contribution is 2.39. The number of carboxylic acid groups (broad SMARTS) is 1. The molecule has 0 radical (unpaired) electrons. The van der Waals surface area contributed by atoms with Gasteiger partial charge in [0, 0.05) is 0 Å². The summed E-state index contributed by atoms with van der Waals surface area (Å²) in [6.07, 6.45) is 0.221. The van der Waals surface area contributed by atoms with Crippen LogP contribution in [0.3, 0.4) is 0 Å². The van der Waals surface area contributed by atoms with Gasteiger partial charge in [-0.25, -0.2) is 4.79 Å². The van der Waals surface area contributed by atoms with E-state index in [0.29, 0.717) is 24.3 Å². The summed E-state index contributed by atoms with van der Waals surface area (Å²) in [6, 6.07) is 4.81. The number of benzene rings is 1. The van der Waals surface area contributed by atoms with Gasteiger partial charge in [0.25, 0.3) is 5.91 Å². The van der Waals surface area contributed by atoms with Crippen molar-refractivity contribution >= 4 is 17.6 Å². The van der Waals surface area contributed by atoms with Gasteiger partial charge in [-0.1, -0.05) is 40.7 Å². The van der Waals surface area contributed by atoms with Gasteiger partial charge in [0.05, 0.1) is 5.69 Å². The number of nitrogens with zero attached hydrogens (tertiary/aromatic N) is 1. The van der Waals surface area contributed by atoms with E-state index in [1.807, 2.05) is 25.1 Å². The maximum atomic E-state index is 12.7. The zero-order valence-electron chi connectivity index (χ0n) is 14.4. The van der Waals surface area contributed by atoms with Gasteiger partial charge in [-0.15, -0.1) is 0 Å². The van der Waals surface area contributed by atoms with E-state index in [4.69, 9.17) is 4.74 Å². The van der Waals surface area contributed by atoms with Crippen LogP contribution in [0, 0.1) is 0 Å². The molecule has 23 heavy (non-hydrogen) atoms. The molecule has 2 atom stereocenters. The van der Waals surface area contributed by atoms with Crippen molar-refractivity contribution in [1.29, 1.82) is 0 Å². The molecule has 2 unspecified atom stereocenters. The van der Waals surface area contributed by atoms with Crippen LogP contribution in [0.15, 0.2) is 18.2 Å². The Balaban J connectivity index is 2.60. The van der Waals surface area contributed by atoms with Crippen LogP contribution in [0.4, 0.5) is 5.69 Å². The number of hydrogen-bond donors (Lipinski definition) is 1. The Hall–Kier alpha value is -2.04. The molecule has 2 rings (SSSR count). The van der Waals surface area contributed by atoms with E-state index in [1.54, 1.807) is 6.92 Å². The highest BCUT2D eigenvalue weighted by atomic mass is 16.5. The van der Waals surface area contributed by atoms with Crippen molar-refractivity contribution in [1.82, 2.24) is 0 Å². The number of rotatable bonds is 4. The van der Waals surface area contributed by atoms with Gasteiger partial charge in [-0.3, -0.25) is 9.69 Å². The second-order valence-electron chi connectivity index (χ2n) is 6.92. The molecule has 126 valence electrons. The third kappa shape index (κ3) is 3.19. The number of fused-ring (bicyclic) bond motifs is 1. The lowest BCUT2D eigenvalue weighted by molar-refractivity contribution is -0.141. The minimum atomic E-state index is -0.996. The van der Waals surface area contributed by atoms with E-state index in [2.05, 4.69) is 20.8 Å². The molecule has 1 aliphatic rings. The lowest BCUT2D eigenvalue weighted by Crippen LogP contribution is -2.53. The normalized spacial score (nSPS) is 19.1. The number of carbonyl (C=O) groups excluding carboxylic acids is 1. The fourth-order valence-electron chi connectivity index (χ4n) is 2.80. The highest BCUT2D eigenvalue weighted by molar-refractivity contribution is 6.04. The molecule has 1 heterocycles. The molecule has 5 heteroatoms. The van der Waals surface area contributed by atoms with Crippen molar-refractivity contribution in [3.8, 4) is 5.75 Å². The van der Waals surface area contributed by atoms with E-state index in [-0.39, 0.29) is 11.3 Å². The van der Waals surface area contributed by atoms with Gasteiger partial charge in [0.1, 0.15) is 11.8 Å². The van der Waals surface area contributed by atoms with Crippen molar-refractivity contribution in [2.75, 3.05) is 4.90 Å². The van der Waals surface area contributed by atoms with Crippen LogP contribution >= 0.6 is 0 Å². The molecular weight excluding hydrogens is 294 g/mol. The molecule has 0 bridgehead atoms. The van der Waals surface area contributed by atoms with Crippen molar-refractivity contribution in [2.45, 2.75) is 65.0 Å². The van der Waals surface area contributed by atoms with Gasteiger partial charge >= 0.3 is 5.97 Å². The molecule has 1 aromatic carbocycles. The number of aliphatic carboxylic acids is 1. The molecule has 0 aromatic heterocycles. The lowest BCUT2D eigenvalue weighted by Gasteiger charge is -2.38. The Kier molecular flexibility index (Phi) is 4.68. The zero-order chi connectivity index (χ0) is 17.4. The summed E-state index contributed by atoms with van der Waals surface area (Å²) in [4.78, 5) is 25.8. The van der Waals surface area contributed by atoms with Crippen LogP contribution in [0.1, 0.15) is 53.0 Å². The van der Waals surface area contributed by atoms with Gasteiger partial charge in [-0.2, -0.15) is 0 Å². The van der Waals surface area contributed by atoms with Crippen LogP contribution in [0.5, 0.6) is 5.75 Å². The average Bonchev–Trinajstić information content (AvgIpc) is 2.48.